The van der Waals surface area contributed by atoms with Gasteiger partial charge in [-0.25, -0.2) is 0 Å². The van der Waals surface area contributed by atoms with Gasteiger partial charge in [0.25, 0.3) is 0 Å². The highest BCUT2D eigenvalue weighted by atomic mass is 16.5. The van der Waals surface area contributed by atoms with Gasteiger partial charge in [-0.1, -0.05) is 26.0 Å². The van der Waals surface area contributed by atoms with Gasteiger partial charge in [0.1, 0.15) is 5.75 Å². The van der Waals surface area contributed by atoms with Gasteiger partial charge in [0.15, 0.2) is 0 Å². The van der Waals surface area contributed by atoms with Crippen LogP contribution in [-0.2, 0) is 9.59 Å². The van der Waals surface area contributed by atoms with Crippen LogP contribution in [0.3, 0.4) is 0 Å². The molecule has 2 unspecified atom stereocenters. The molecule has 1 aromatic rings. The molecule has 0 fully saturated rings. The second-order valence-corrected chi connectivity index (χ2v) is 4.11. The van der Waals surface area contributed by atoms with Gasteiger partial charge in [0, 0.05) is 5.92 Å². The lowest BCUT2D eigenvalue weighted by molar-refractivity contribution is -0.145. The predicted octanol–water partition coefficient (Wildman–Crippen LogP) is 1.99. The summed E-state index contributed by atoms with van der Waals surface area (Å²) in [5.41, 5.74) is 0.537. The maximum atomic E-state index is 11.9. The average molecular weight is 251 g/mol. The molecule has 18 heavy (non-hydrogen) atoms. The molecule has 2 N–H and O–H groups in total. The summed E-state index contributed by atoms with van der Waals surface area (Å²) >= 11 is 0. The summed E-state index contributed by atoms with van der Waals surface area (Å²) in [6.45, 7) is 3.10. The minimum absolute atomic E-state index is 0.339. The van der Waals surface area contributed by atoms with Crippen molar-refractivity contribution in [3.8, 4) is 5.75 Å². The summed E-state index contributed by atoms with van der Waals surface area (Å²) in [4.78, 5) is 22.7. The van der Waals surface area contributed by atoms with E-state index in [1.54, 1.807) is 31.2 Å². The molecule has 1 amide bonds. The number of aliphatic carboxylic acids is 1. The van der Waals surface area contributed by atoms with E-state index in [0.29, 0.717) is 11.4 Å². The second-order valence-electron chi connectivity index (χ2n) is 4.11. The molecule has 1 rings (SSSR count). The largest absolute Gasteiger partial charge is 0.495 e. The first-order valence-electron chi connectivity index (χ1n) is 5.64. The number of para-hydroxylation sites is 2. The molecular formula is C13H17NO4. The third-order valence-electron chi connectivity index (χ3n) is 2.92. The van der Waals surface area contributed by atoms with Crippen molar-refractivity contribution in [2.24, 2.45) is 11.8 Å². The molecule has 0 saturated heterocycles. The zero-order chi connectivity index (χ0) is 13.7. The Labute approximate surface area is 106 Å². The number of benzene rings is 1. The fraction of sp³-hybridized carbons (Fsp3) is 0.385. The summed E-state index contributed by atoms with van der Waals surface area (Å²) in [6.07, 6.45) is 0. The van der Waals surface area contributed by atoms with E-state index < -0.39 is 17.8 Å². The van der Waals surface area contributed by atoms with Crippen LogP contribution in [0.2, 0.25) is 0 Å². The molecular weight excluding hydrogens is 234 g/mol. The van der Waals surface area contributed by atoms with E-state index in [2.05, 4.69) is 5.32 Å². The topological polar surface area (TPSA) is 75.6 Å². The third kappa shape index (κ3) is 3.23. The minimum Gasteiger partial charge on any atom is -0.495 e. The maximum absolute atomic E-state index is 11.9. The van der Waals surface area contributed by atoms with E-state index in [-0.39, 0.29) is 5.91 Å². The number of methoxy groups -OCH3 is 1. The second kappa shape index (κ2) is 6.05. The first-order chi connectivity index (χ1) is 8.47. The Morgan fingerprint density at radius 1 is 1.22 bits per heavy atom. The van der Waals surface area contributed by atoms with Crippen LogP contribution in [-0.4, -0.2) is 24.1 Å². The molecule has 98 valence electrons. The van der Waals surface area contributed by atoms with Crippen molar-refractivity contribution < 1.29 is 19.4 Å². The van der Waals surface area contributed by atoms with E-state index in [1.807, 2.05) is 0 Å². The highest BCUT2D eigenvalue weighted by Crippen LogP contribution is 2.24. The quantitative estimate of drug-likeness (QED) is 0.839. The first kappa shape index (κ1) is 14.0. The van der Waals surface area contributed by atoms with Gasteiger partial charge in [-0.15, -0.1) is 0 Å². The molecule has 0 aliphatic carbocycles. The Balaban J connectivity index is 2.78. The summed E-state index contributed by atoms with van der Waals surface area (Å²) < 4.78 is 5.10. The Hall–Kier alpha value is -2.04. The number of anilines is 1. The van der Waals surface area contributed by atoms with Gasteiger partial charge < -0.3 is 15.2 Å². The van der Waals surface area contributed by atoms with E-state index >= 15 is 0 Å². The first-order valence-corrected chi connectivity index (χ1v) is 5.64. The van der Waals surface area contributed by atoms with Crippen LogP contribution in [0.1, 0.15) is 13.8 Å². The van der Waals surface area contributed by atoms with Gasteiger partial charge in [-0.05, 0) is 12.1 Å². The Kier molecular flexibility index (Phi) is 4.71. The number of hydrogen-bond donors (Lipinski definition) is 2. The SMILES string of the molecule is COc1ccccc1NC(=O)C(C)C(C)C(=O)O. The zero-order valence-electron chi connectivity index (χ0n) is 10.6. The molecule has 0 radical (unpaired) electrons. The summed E-state index contributed by atoms with van der Waals surface area (Å²) in [5, 5.41) is 11.5. The number of ether oxygens (including phenoxy) is 1. The molecule has 5 heteroatoms. The summed E-state index contributed by atoms with van der Waals surface area (Å²) in [5.74, 6) is -2.14. The minimum atomic E-state index is -0.988. The molecule has 0 bridgehead atoms. The van der Waals surface area contributed by atoms with Crippen molar-refractivity contribution >= 4 is 17.6 Å². The highest BCUT2D eigenvalue weighted by Gasteiger charge is 2.26. The fourth-order valence-electron chi connectivity index (χ4n) is 1.44. The molecule has 0 aliphatic rings. The molecule has 5 nitrogen and oxygen atoms in total. The normalized spacial score (nSPS) is 13.5. The lowest BCUT2D eigenvalue weighted by Crippen LogP contribution is -2.30. The van der Waals surface area contributed by atoms with Crippen molar-refractivity contribution in [3.63, 3.8) is 0 Å². The lowest BCUT2D eigenvalue weighted by Gasteiger charge is -2.17. The number of carbonyl (C=O) groups is 2. The van der Waals surface area contributed by atoms with E-state index in [4.69, 9.17) is 9.84 Å². The molecule has 2 atom stereocenters. The Morgan fingerprint density at radius 3 is 2.39 bits per heavy atom. The van der Waals surface area contributed by atoms with Crippen LogP contribution >= 0.6 is 0 Å². The van der Waals surface area contributed by atoms with Crippen LogP contribution in [0.4, 0.5) is 5.69 Å². The van der Waals surface area contributed by atoms with Crippen molar-refractivity contribution in [1.82, 2.24) is 0 Å². The molecule has 0 aliphatic heterocycles. The monoisotopic (exact) mass is 251 g/mol. The van der Waals surface area contributed by atoms with Gasteiger partial charge in [-0.3, -0.25) is 9.59 Å². The molecule has 1 aromatic carbocycles. The number of carbonyl (C=O) groups excluding carboxylic acids is 1. The van der Waals surface area contributed by atoms with Gasteiger partial charge in [0.05, 0.1) is 18.7 Å². The molecule has 0 aromatic heterocycles. The zero-order valence-corrected chi connectivity index (χ0v) is 10.6. The van der Waals surface area contributed by atoms with Crippen LogP contribution in [0.5, 0.6) is 5.75 Å². The van der Waals surface area contributed by atoms with Crippen LogP contribution in [0.25, 0.3) is 0 Å². The van der Waals surface area contributed by atoms with Crippen LogP contribution in [0, 0.1) is 11.8 Å². The number of rotatable bonds is 5. The van der Waals surface area contributed by atoms with Crippen molar-refractivity contribution in [2.75, 3.05) is 12.4 Å². The standard InChI is InChI=1S/C13H17NO4/c1-8(9(2)13(16)17)12(15)14-10-6-4-5-7-11(10)18-3/h4-9H,1-3H3,(H,14,15)(H,16,17). The van der Waals surface area contributed by atoms with Crippen molar-refractivity contribution in [2.45, 2.75) is 13.8 Å². The number of hydrogen-bond acceptors (Lipinski definition) is 3. The smallest absolute Gasteiger partial charge is 0.307 e. The summed E-state index contributed by atoms with van der Waals surface area (Å²) in [6, 6.07) is 6.98. The Bertz CT molecular complexity index is 444. The lowest BCUT2D eigenvalue weighted by atomic mass is 9.95. The number of nitrogens with one attached hydrogen (secondary N) is 1. The van der Waals surface area contributed by atoms with Crippen LogP contribution < -0.4 is 10.1 Å². The third-order valence-corrected chi connectivity index (χ3v) is 2.92. The number of carboxylic acid groups (broad SMARTS) is 1. The number of amides is 1. The molecule has 0 spiro atoms. The van der Waals surface area contributed by atoms with Gasteiger partial charge in [0.2, 0.25) is 5.91 Å². The van der Waals surface area contributed by atoms with E-state index in [0.717, 1.165) is 0 Å². The highest BCUT2D eigenvalue weighted by molar-refractivity contribution is 5.95. The molecule has 0 heterocycles. The summed E-state index contributed by atoms with van der Waals surface area (Å²) in [7, 11) is 1.51. The van der Waals surface area contributed by atoms with Crippen molar-refractivity contribution in [3.05, 3.63) is 24.3 Å². The average Bonchev–Trinajstić information content (AvgIpc) is 2.37. The molecule has 0 saturated carbocycles. The van der Waals surface area contributed by atoms with E-state index in [9.17, 15) is 9.59 Å². The van der Waals surface area contributed by atoms with Crippen molar-refractivity contribution in [1.29, 1.82) is 0 Å². The van der Waals surface area contributed by atoms with E-state index in [1.165, 1.54) is 14.0 Å². The van der Waals surface area contributed by atoms with Gasteiger partial charge in [-0.2, -0.15) is 0 Å². The maximum Gasteiger partial charge on any atom is 0.307 e. The van der Waals surface area contributed by atoms with Gasteiger partial charge >= 0.3 is 5.97 Å². The van der Waals surface area contributed by atoms with Crippen LogP contribution in [0.15, 0.2) is 24.3 Å². The fourth-order valence-corrected chi connectivity index (χ4v) is 1.44. The Morgan fingerprint density at radius 2 is 1.83 bits per heavy atom. The predicted molar refractivity (Wildman–Crippen MR) is 67.6 cm³/mol. The number of carboxylic acids is 1.